The van der Waals surface area contributed by atoms with E-state index in [9.17, 15) is 18.0 Å². The number of carbonyl (C=O) groups is 2. The van der Waals surface area contributed by atoms with Gasteiger partial charge >= 0.3 is 0 Å². The maximum atomic E-state index is 13.6. The van der Waals surface area contributed by atoms with Gasteiger partial charge in [-0.05, 0) is 62.4 Å². The zero-order chi connectivity index (χ0) is 28.4. The molecule has 0 aromatic heterocycles. The van der Waals surface area contributed by atoms with Crippen LogP contribution in [-0.4, -0.2) is 57.1 Å². The minimum absolute atomic E-state index is 0.122. The number of nitrogens with one attached hydrogen (secondary N) is 1. The molecule has 1 aliphatic carbocycles. The van der Waals surface area contributed by atoms with E-state index in [1.807, 2.05) is 50.2 Å². The van der Waals surface area contributed by atoms with Gasteiger partial charge in [-0.15, -0.1) is 0 Å². The zero-order valence-electron chi connectivity index (χ0n) is 23.7. The first-order valence-electron chi connectivity index (χ1n) is 13.9. The topological polar surface area (TPSA) is 96.0 Å². The molecule has 0 saturated heterocycles. The Kier molecular flexibility index (Phi) is 11.2. The number of anilines is 1. The minimum atomic E-state index is -3.52. The van der Waals surface area contributed by atoms with Crippen LogP contribution in [0.5, 0.6) is 5.75 Å². The highest BCUT2D eigenvalue weighted by molar-refractivity contribution is 7.92. The first kappa shape index (κ1) is 30.5. The van der Waals surface area contributed by atoms with Gasteiger partial charge in [-0.3, -0.25) is 13.9 Å². The Labute approximate surface area is 233 Å². The Morgan fingerprint density at radius 3 is 2.23 bits per heavy atom. The standard InChI is InChI=1S/C30H43N3O5S/c1-5-28(30(35)31-25-10-7-6-8-11-25)32(22-24-15-19-27(38-3)20-16-24)29(34)12-9-21-33(39(4,36)37)26-17-13-23(2)14-18-26/h13-20,25,28H,5-12,21-22H2,1-4H3,(H,31,35)/t28-/m1/s1. The third-order valence-corrected chi connectivity index (χ3v) is 8.52. The van der Waals surface area contributed by atoms with Gasteiger partial charge in [-0.1, -0.05) is 56.0 Å². The number of sulfonamides is 1. The smallest absolute Gasteiger partial charge is 0.243 e. The fraction of sp³-hybridized carbons (Fsp3) is 0.533. The van der Waals surface area contributed by atoms with Crippen LogP contribution in [0.4, 0.5) is 5.69 Å². The minimum Gasteiger partial charge on any atom is -0.497 e. The van der Waals surface area contributed by atoms with Gasteiger partial charge in [0.1, 0.15) is 11.8 Å². The van der Waals surface area contributed by atoms with Crippen LogP contribution in [-0.2, 0) is 26.2 Å². The lowest BCUT2D eigenvalue weighted by atomic mass is 9.95. The van der Waals surface area contributed by atoms with E-state index in [0.29, 0.717) is 18.5 Å². The maximum absolute atomic E-state index is 13.6. The van der Waals surface area contributed by atoms with E-state index in [4.69, 9.17) is 4.74 Å². The molecule has 0 radical (unpaired) electrons. The summed E-state index contributed by atoms with van der Waals surface area (Å²) in [5.74, 6) is 0.424. The Hall–Kier alpha value is -3.07. The van der Waals surface area contributed by atoms with Gasteiger partial charge in [0.05, 0.1) is 19.1 Å². The van der Waals surface area contributed by atoms with Crippen molar-refractivity contribution >= 4 is 27.5 Å². The second-order valence-electron chi connectivity index (χ2n) is 10.4. The Bertz CT molecular complexity index is 1180. The summed E-state index contributed by atoms with van der Waals surface area (Å²) in [6, 6.07) is 14.3. The first-order chi connectivity index (χ1) is 18.6. The number of aryl methyl sites for hydroxylation is 1. The molecule has 2 aromatic rings. The molecule has 1 atom stereocenters. The summed E-state index contributed by atoms with van der Waals surface area (Å²) in [6.07, 6.45) is 7.46. The molecule has 1 N–H and O–H groups in total. The highest BCUT2D eigenvalue weighted by Gasteiger charge is 2.30. The lowest BCUT2D eigenvalue weighted by Crippen LogP contribution is -2.51. The monoisotopic (exact) mass is 557 g/mol. The quantitative estimate of drug-likeness (QED) is 0.382. The van der Waals surface area contributed by atoms with Gasteiger partial charge in [-0.25, -0.2) is 8.42 Å². The van der Waals surface area contributed by atoms with E-state index >= 15 is 0 Å². The van der Waals surface area contributed by atoms with Gasteiger partial charge in [0.15, 0.2) is 0 Å². The fourth-order valence-electron chi connectivity index (χ4n) is 5.11. The summed E-state index contributed by atoms with van der Waals surface area (Å²) >= 11 is 0. The van der Waals surface area contributed by atoms with Crippen molar-refractivity contribution in [3.63, 3.8) is 0 Å². The van der Waals surface area contributed by atoms with Crippen molar-refractivity contribution in [1.82, 2.24) is 10.2 Å². The second kappa shape index (κ2) is 14.4. The second-order valence-corrected chi connectivity index (χ2v) is 12.3. The average molecular weight is 558 g/mol. The fourth-order valence-corrected chi connectivity index (χ4v) is 6.07. The van der Waals surface area contributed by atoms with Gasteiger partial charge in [0, 0.05) is 25.6 Å². The van der Waals surface area contributed by atoms with Crippen molar-refractivity contribution in [2.75, 3.05) is 24.2 Å². The van der Waals surface area contributed by atoms with Crippen molar-refractivity contribution in [2.45, 2.75) is 83.8 Å². The van der Waals surface area contributed by atoms with Gasteiger partial charge < -0.3 is 15.0 Å². The third-order valence-electron chi connectivity index (χ3n) is 7.32. The van der Waals surface area contributed by atoms with Crippen LogP contribution in [0.2, 0.25) is 0 Å². The molecule has 39 heavy (non-hydrogen) atoms. The summed E-state index contributed by atoms with van der Waals surface area (Å²) in [5.41, 5.74) is 2.50. The molecule has 1 fully saturated rings. The van der Waals surface area contributed by atoms with Crippen LogP contribution in [0, 0.1) is 6.92 Å². The number of rotatable bonds is 13. The summed E-state index contributed by atoms with van der Waals surface area (Å²) in [4.78, 5) is 28.7. The molecule has 1 aliphatic rings. The summed E-state index contributed by atoms with van der Waals surface area (Å²) in [6.45, 7) is 4.32. The van der Waals surface area contributed by atoms with E-state index < -0.39 is 16.1 Å². The lowest BCUT2D eigenvalue weighted by molar-refractivity contribution is -0.141. The molecule has 2 aromatic carbocycles. The lowest BCUT2D eigenvalue weighted by Gasteiger charge is -2.33. The molecule has 0 spiro atoms. The van der Waals surface area contributed by atoms with Crippen molar-refractivity contribution in [3.8, 4) is 5.75 Å². The number of amides is 2. The van der Waals surface area contributed by atoms with E-state index in [-0.39, 0.29) is 37.4 Å². The molecule has 0 bridgehead atoms. The van der Waals surface area contributed by atoms with E-state index in [2.05, 4.69) is 5.32 Å². The predicted molar refractivity (Wildman–Crippen MR) is 155 cm³/mol. The number of hydrogen-bond donors (Lipinski definition) is 1. The number of carbonyl (C=O) groups excluding carboxylic acids is 2. The molecule has 0 heterocycles. The van der Waals surface area contributed by atoms with E-state index in [0.717, 1.165) is 42.6 Å². The SMILES string of the molecule is CC[C@H](C(=O)NC1CCCCC1)N(Cc1ccc(OC)cc1)C(=O)CCCN(c1ccc(C)cc1)S(C)(=O)=O. The molecule has 214 valence electrons. The molecule has 0 unspecified atom stereocenters. The Morgan fingerprint density at radius 2 is 1.67 bits per heavy atom. The number of hydrogen-bond acceptors (Lipinski definition) is 5. The van der Waals surface area contributed by atoms with Gasteiger partial charge in [0.2, 0.25) is 21.8 Å². The zero-order valence-corrected chi connectivity index (χ0v) is 24.5. The molecule has 2 amide bonds. The van der Waals surface area contributed by atoms with Crippen LogP contribution in [0.1, 0.15) is 69.4 Å². The Balaban J connectivity index is 1.75. The van der Waals surface area contributed by atoms with Crippen LogP contribution in [0.15, 0.2) is 48.5 Å². The van der Waals surface area contributed by atoms with E-state index in [1.54, 1.807) is 24.1 Å². The van der Waals surface area contributed by atoms with Crippen molar-refractivity contribution in [1.29, 1.82) is 0 Å². The first-order valence-corrected chi connectivity index (χ1v) is 15.7. The average Bonchev–Trinajstić information content (AvgIpc) is 2.92. The molecule has 9 heteroatoms. The third kappa shape index (κ3) is 8.98. The molecular formula is C30H43N3O5S. The van der Waals surface area contributed by atoms with Crippen LogP contribution < -0.4 is 14.4 Å². The molecule has 0 aliphatic heterocycles. The van der Waals surface area contributed by atoms with Crippen molar-refractivity contribution in [2.24, 2.45) is 0 Å². The number of ether oxygens (including phenoxy) is 1. The molecule has 3 rings (SSSR count). The predicted octanol–water partition coefficient (Wildman–Crippen LogP) is 4.81. The Morgan fingerprint density at radius 1 is 1.03 bits per heavy atom. The van der Waals surface area contributed by atoms with Gasteiger partial charge in [-0.2, -0.15) is 0 Å². The maximum Gasteiger partial charge on any atom is 0.243 e. The van der Waals surface area contributed by atoms with Gasteiger partial charge in [0.25, 0.3) is 0 Å². The number of nitrogens with zero attached hydrogens (tertiary/aromatic N) is 2. The molecular weight excluding hydrogens is 514 g/mol. The highest BCUT2D eigenvalue weighted by Crippen LogP contribution is 2.22. The normalized spacial score (nSPS) is 14.9. The summed E-state index contributed by atoms with van der Waals surface area (Å²) in [5, 5.41) is 3.19. The highest BCUT2D eigenvalue weighted by atomic mass is 32.2. The van der Waals surface area contributed by atoms with Crippen molar-refractivity contribution in [3.05, 3.63) is 59.7 Å². The number of benzene rings is 2. The summed E-state index contributed by atoms with van der Waals surface area (Å²) in [7, 11) is -1.92. The number of methoxy groups -OCH3 is 1. The molecule has 1 saturated carbocycles. The van der Waals surface area contributed by atoms with Crippen LogP contribution in [0.25, 0.3) is 0 Å². The molecule has 8 nitrogen and oxygen atoms in total. The largest absolute Gasteiger partial charge is 0.497 e. The van der Waals surface area contributed by atoms with Crippen molar-refractivity contribution < 1.29 is 22.7 Å². The van der Waals surface area contributed by atoms with E-state index in [1.165, 1.54) is 17.0 Å². The summed E-state index contributed by atoms with van der Waals surface area (Å²) < 4.78 is 31.6. The van der Waals surface area contributed by atoms with Crippen LogP contribution in [0.3, 0.4) is 0 Å². The van der Waals surface area contributed by atoms with Crippen LogP contribution >= 0.6 is 0 Å².